The van der Waals surface area contributed by atoms with Crippen LogP contribution >= 0.6 is 0 Å². The molecule has 0 saturated heterocycles. The molecule has 0 radical (unpaired) electrons. The molecule has 162 valence electrons. The Bertz CT molecular complexity index is 1290. The van der Waals surface area contributed by atoms with Crippen molar-refractivity contribution in [1.29, 1.82) is 0 Å². The smallest absolute Gasteiger partial charge is 0.416 e. The third kappa shape index (κ3) is 3.38. The lowest BCUT2D eigenvalue weighted by molar-refractivity contribution is -0.302. The lowest BCUT2D eigenvalue weighted by Gasteiger charge is -2.16. The molecule has 0 fully saturated rings. The van der Waals surface area contributed by atoms with Crippen LogP contribution in [0.5, 0.6) is 5.88 Å². The summed E-state index contributed by atoms with van der Waals surface area (Å²) >= 11 is 0. The van der Waals surface area contributed by atoms with E-state index in [1.165, 1.54) is 19.2 Å². The Morgan fingerprint density at radius 1 is 1.09 bits per heavy atom. The van der Waals surface area contributed by atoms with Gasteiger partial charge in [0.2, 0.25) is 5.69 Å². The lowest BCUT2D eigenvalue weighted by Crippen LogP contribution is -2.12. The monoisotopic (exact) mass is 438 g/mol. The second-order valence-corrected chi connectivity index (χ2v) is 7.68. The Balaban J connectivity index is 1.52. The molecule has 4 aromatic rings. The van der Waals surface area contributed by atoms with Gasteiger partial charge < -0.3 is 9.30 Å². The standard InChI is InChI=1S/C23H19F3N5O/c1-14-11-31(13-27-14)20-8-7-18(29-22(20)32-2)19-12-30-10-9-16(21(30)28-19)15-5-3-4-6-17(15)23(24,25)26/h3-8,11-12,16H,9-10H2,1-2H3/q+1/t16-/m0/s1. The number of methoxy groups -OCH3 is 1. The van der Waals surface area contributed by atoms with Gasteiger partial charge in [-0.25, -0.2) is 9.97 Å². The number of benzene rings is 1. The van der Waals surface area contributed by atoms with E-state index in [-0.39, 0.29) is 5.56 Å². The molecule has 1 aliphatic heterocycles. The van der Waals surface area contributed by atoms with Gasteiger partial charge in [-0.1, -0.05) is 18.2 Å². The summed E-state index contributed by atoms with van der Waals surface area (Å²) in [6.45, 7) is 2.46. The van der Waals surface area contributed by atoms with Gasteiger partial charge in [-0.3, -0.25) is 0 Å². The number of ether oxygens (including phenoxy) is 1. The molecule has 1 aliphatic rings. The minimum atomic E-state index is -4.41. The highest BCUT2D eigenvalue weighted by Crippen LogP contribution is 2.41. The number of imidazole rings is 1. The first-order chi connectivity index (χ1) is 15.3. The van der Waals surface area contributed by atoms with Crippen LogP contribution in [0.4, 0.5) is 13.2 Å². The summed E-state index contributed by atoms with van der Waals surface area (Å²) in [4.78, 5) is 13.3. The molecule has 0 amide bonds. The highest BCUT2D eigenvalue weighted by molar-refractivity contribution is 5.59. The molecule has 0 aliphatic carbocycles. The van der Waals surface area contributed by atoms with Crippen LogP contribution in [0, 0.1) is 13.3 Å². The quantitative estimate of drug-likeness (QED) is 0.483. The van der Waals surface area contributed by atoms with Crippen molar-refractivity contribution in [2.24, 2.45) is 0 Å². The normalized spacial score (nSPS) is 15.5. The third-order valence-corrected chi connectivity index (χ3v) is 5.62. The Hall–Kier alpha value is -3.80. The maximum atomic E-state index is 13.6. The first-order valence-electron chi connectivity index (χ1n) is 10.1. The molecule has 0 spiro atoms. The van der Waals surface area contributed by atoms with Crippen molar-refractivity contribution in [2.45, 2.75) is 32.0 Å². The molecule has 32 heavy (non-hydrogen) atoms. The predicted octanol–water partition coefficient (Wildman–Crippen LogP) is 4.01. The first-order valence-corrected chi connectivity index (χ1v) is 10.1. The average Bonchev–Trinajstić information content (AvgIpc) is 3.48. The van der Waals surface area contributed by atoms with Crippen LogP contribution in [0.15, 0.2) is 48.8 Å². The molecule has 9 heteroatoms. The van der Waals surface area contributed by atoms with Crippen LogP contribution < -0.4 is 9.72 Å². The average molecular weight is 438 g/mol. The summed E-state index contributed by atoms with van der Waals surface area (Å²) in [6.07, 6.45) is 2.67. The molecule has 0 saturated carbocycles. The molecule has 0 bridgehead atoms. The van der Waals surface area contributed by atoms with Crippen molar-refractivity contribution in [2.75, 3.05) is 7.11 Å². The minimum absolute atomic E-state index is 0.253. The Labute approximate surface area is 182 Å². The second-order valence-electron chi connectivity index (χ2n) is 7.68. The van der Waals surface area contributed by atoms with E-state index in [1.807, 2.05) is 30.0 Å². The molecular weight excluding hydrogens is 419 g/mol. The zero-order valence-corrected chi connectivity index (χ0v) is 17.4. The van der Waals surface area contributed by atoms with Crippen molar-refractivity contribution in [1.82, 2.24) is 19.1 Å². The number of alkyl halides is 3. The van der Waals surface area contributed by atoms with E-state index < -0.39 is 17.7 Å². The number of fused-ring (bicyclic) bond motifs is 1. The van der Waals surface area contributed by atoms with E-state index in [0.717, 1.165) is 11.8 Å². The second kappa shape index (κ2) is 7.41. The summed E-state index contributed by atoms with van der Waals surface area (Å²) < 4.78 is 49.7. The molecule has 3 aromatic heterocycles. The summed E-state index contributed by atoms with van der Waals surface area (Å²) in [5, 5.41) is 0. The number of aryl methyl sites for hydroxylation is 2. The van der Waals surface area contributed by atoms with E-state index in [9.17, 15) is 13.2 Å². The zero-order chi connectivity index (χ0) is 22.5. The van der Waals surface area contributed by atoms with Gasteiger partial charge in [0.05, 0.1) is 18.4 Å². The van der Waals surface area contributed by atoms with E-state index in [2.05, 4.69) is 21.3 Å². The maximum absolute atomic E-state index is 13.6. The molecular formula is C23H19F3N5O+. The van der Waals surface area contributed by atoms with Crippen molar-refractivity contribution in [3.05, 3.63) is 77.8 Å². The van der Waals surface area contributed by atoms with Crippen LogP contribution in [0.1, 0.15) is 35.0 Å². The van der Waals surface area contributed by atoms with Crippen molar-refractivity contribution in [3.63, 3.8) is 0 Å². The summed E-state index contributed by atoms with van der Waals surface area (Å²) in [7, 11) is 1.52. The molecule has 0 N–H and O–H groups in total. The van der Waals surface area contributed by atoms with E-state index in [0.29, 0.717) is 41.7 Å². The van der Waals surface area contributed by atoms with Crippen molar-refractivity contribution in [3.8, 4) is 23.0 Å². The van der Waals surface area contributed by atoms with Crippen LogP contribution in [0.25, 0.3) is 17.1 Å². The topological polar surface area (TPSA) is 59.0 Å². The Morgan fingerprint density at radius 3 is 2.62 bits per heavy atom. The van der Waals surface area contributed by atoms with E-state index in [1.54, 1.807) is 16.7 Å². The molecule has 1 atom stereocenters. The number of nitrogens with zero attached hydrogens (tertiary/aromatic N) is 5. The fourth-order valence-corrected chi connectivity index (χ4v) is 4.17. The number of hydrogen-bond donors (Lipinski definition) is 0. The Morgan fingerprint density at radius 2 is 1.91 bits per heavy atom. The third-order valence-electron chi connectivity index (χ3n) is 5.62. The number of hydrogen-bond acceptors (Lipinski definition) is 3. The van der Waals surface area contributed by atoms with Crippen LogP contribution in [-0.4, -0.2) is 26.2 Å². The summed E-state index contributed by atoms with van der Waals surface area (Å²) in [5.41, 5.74) is 2.30. The zero-order valence-electron chi connectivity index (χ0n) is 17.4. The summed E-state index contributed by atoms with van der Waals surface area (Å²) in [6, 6.07) is 9.35. The number of aromatic nitrogens is 5. The first kappa shape index (κ1) is 20.1. The lowest BCUT2D eigenvalue weighted by atomic mass is 9.92. The fraction of sp³-hybridized carbons (Fsp3) is 0.261. The number of rotatable bonds is 4. The van der Waals surface area contributed by atoms with Gasteiger partial charge in [-0.05, 0) is 30.2 Å². The van der Waals surface area contributed by atoms with Gasteiger partial charge in [0, 0.05) is 25.6 Å². The molecule has 4 heterocycles. The molecule has 5 rings (SSSR count). The number of halogens is 3. The SMILES string of the molecule is COc1nc(-c2cn3c(n2)[C@H](c2ccccc2C(F)(F)F)CC3)ccc1-n1c#[n+]c(C)c1. The van der Waals surface area contributed by atoms with Crippen molar-refractivity contribution >= 4 is 0 Å². The van der Waals surface area contributed by atoms with E-state index >= 15 is 0 Å². The van der Waals surface area contributed by atoms with Crippen LogP contribution in [0.3, 0.4) is 0 Å². The van der Waals surface area contributed by atoms with Crippen molar-refractivity contribution < 1.29 is 22.9 Å². The predicted molar refractivity (Wildman–Crippen MR) is 108 cm³/mol. The van der Waals surface area contributed by atoms with Gasteiger partial charge in [0.1, 0.15) is 11.5 Å². The fourth-order valence-electron chi connectivity index (χ4n) is 4.17. The Kier molecular flexibility index (Phi) is 4.66. The van der Waals surface area contributed by atoms with Gasteiger partial charge in [-0.15, -0.1) is 4.57 Å². The van der Waals surface area contributed by atoms with E-state index in [4.69, 9.17) is 4.74 Å². The maximum Gasteiger partial charge on any atom is 0.416 e. The van der Waals surface area contributed by atoms with Gasteiger partial charge in [-0.2, -0.15) is 18.2 Å². The molecule has 6 nitrogen and oxygen atoms in total. The van der Waals surface area contributed by atoms with Crippen LogP contribution in [0.2, 0.25) is 0 Å². The molecule has 0 unspecified atom stereocenters. The van der Waals surface area contributed by atoms with Gasteiger partial charge in [0.25, 0.3) is 11.6 Å². The summed E-state index contributed by atoms with van der Waals surface area (Å²) in [5.74, 6) is 0.564. The largest absolute Gasteiger partial charge is 0.478 e. The highest BCUT2D eigenvalue weighted by atomic mass is 19.4. The number of pyridine rings is 1. The van der Waals surface area contributed by atoms with Crippen LogP contribution in [-0.2, 0) is 12.7 Å². The highest BCUT2D eigenvalue weighted by Gasteiger charge is 2.38. The van der Waals surface area contributed by atoms with Gasteiger partial charge in [0.15, 0.2) is 6.20 Å². The minimum Gasteiger partial charge on any atom is -0.478 e. The van der Waals surface area contributed by atoms with Gasteiger partial charge >= 0.3 is 12.5 Å². The molecule has 1 aromatic carbocycles.